The fourth-order valence-electron chi connectivity index (χ4n) is 4.83. The molecule has 0 radical (unpaired) electrons. The molecule has 0 saturated heterocycles. The maximum atomic E-state index is 5.78. The predicted molar refractivity (Wildman–Crippen MR) is 155 cm³/mol. The van der Waals surface area contributed by atoms with Crippen molar-refractivity contribution in [3.05, 3.63) is 126 Å². The summed E-state index contributed by atoms with van der Waals surface area (Å²) < 4.78 is 8.12. The van der Waals surface area contributed by atoms with Gasteiger partial charge in [0.2, 0.25) is 0 Å². The van der Waals surface area contributed by atoms with Gasteiger partial charge >= 0.3 is 0 Å². The van der Waals surface area contributed by atoms with Crippen molar-refractivity contribution in [2.24, 2.45) is 0 Å². The van der Waals surface area contributed by atoms with E-state index in [2.05, 4.69) is 115 Å². The molecule has 0 bridgehead atoms. The molecule has 5 aromatic carbocycles. The molecular formula is C34H31NO. The second-order valence-electron chi connectivity index (χ2n) is 8.76. The second kappa shape index (κ2) is 10.1. The molecule has 0 aliphatic heterocycles. The summed E-state index contributed by atoms with van der Waals surface area (Å²) in [5.74, 6) is 0. The van der Waals surface area contributed by atoms with E-state index < -0.39 is 0 Å². The highest BCUT2D eigenvalue weighted by molar-refractivity contribution is 6.09. The first-order valence-corrected chi connectivity index (χ1v) is 12.6. The van der Waals surface area contributed by atoms with Gasteiger partial charge in [-0.2, -0.15) is 0 Å². The minimum atomic E-state index is 0.969. The Morgan fingerprint density at radius 2 is 1.17 bits per heavy atom. The molecule has 0 N–H and O–H groups in total. The molecule has 0 atom stereocenters. The van der Waals surface area contributed by atoms with Crippen LogP contribution >= 0.6 is 0 Å². The summed E-state index contributed by atoms with van der Waals surface area (Å²) in [6.07, 6.45) is 0. The van der Waals surface area contributed by atoms with Gasteiger partial charge < -0.3 is 8.98 Å². The van der Waals surface area contributed by atoms with Crippen LogP contribution in [0.25, 0.3) is 49.4 Å². The molecule has 2 heterocycles. The normalized spacial score (nSPS) is 10.8. The zero-order valence-electron chi connectivity index (χ0n) is 21.3. The molecule has 0 aliphatic carbocycles. The Kier molecular flexibility index (Phi) is 6.60. The summed E-state index contributed by atoms with van der Waals surface area (Å²) >= 11 is 0. The number of aromatic nitrogens is 1. The molecule has 36 heavy (non-hydrogen) atoms. The molecule has 2 nitrogen and oxygen atoms in total. The van der Waals surface area contributed by atoms with E-state index >= 15 is 0 Å². The van der Waals surface area contributed by atoms with Gasteiger partial charge in [0.1, 0.15) is 11.2 Å². The fourth-order valence-corrected chi connectivity index (χ4v) is 4.83. The van der Waals surface area contributed by atoms with Gasteiger partial charge in [0.05, 0.1) is 11.0 Å². The molecule has 0 amide bonds. The minimum Gasteiger partial charge on any atom is -0.456 e. The first-order chi connectivity index (χ1) is 17.7. The van der Waals surface area contributed by atoms with Crippen LogP contribution in [0.3, 0.4) is 0 Å². The van der Waals surface area contributed by atoms with Crippen molar-refractivity contribution >= 4 is 43.7 Å². The number of para-hydroxylation sites is 4. The number of rotatable bonds is 1. The lowest BCUT2D eigenvalue weighted by molar-refractivity contribution is 0.666. The van der Waals surface area contributed by atoms with E-state index in [1.165, 1.54) is 49.4 Å². The Bertz CT molecular complexity index is 1770. The summed E-state index contributed by atoms with van der Waals surface area (Å²) in [6, 6.07) is 40.2. The van der Waals surface area contributed by atoms with E-state index in [1.54, 1.807) is 0 Å². The lowest BCUT2D eigenvalue weighted by atomic mass is 10.1. The smallest absolute Gasteiger partial charge is 0.138 e. The third-order valence-electron chi connectivity index (χ3n) is 6.44. The Hall–Kier alpha value is -4.30. The van der Waals surface area contributed by atoms with Crippen molar-refractivity contribution in [2.45, 2.75) is 27.7 Å². The third-order valence-corrected chi connectivity index (χ3v) is 6.44. The van der Waals surface area contributed by atoms with Crippen LogP contribution in [0.2, 0.25) is 0 Å². The molecule has 0 aliphatic rings. The molecule has 2 aromatic heterocycles. The molecule has 0 fully saturated rings. The predicted octanol–water partition coefficient (Wildman–Crippen LogP) is 10.0. The Balaban J connectivity index is 0.000000146. The maximum absolute atomic E-state index is 5.78. The van der Waals surface area contributed by atoms with Gasteiger partial charge in [0.25, 0.3) is 0 Å². The van der Waals surface area contributed by atoms with Crippen LogP contribution in [0.4, 0.5) is 0 Å². The van der Waals surface area contributed by atoms with Gasteiger partial charge in [-0.05, 0) is 55.8 Å². The van der Waals surface area contributed by atoms with Gasteiger partial charge in [-0.15, -0.1) is 0 Å². The van der Waals surface area contributed by atoms with Crippen LogP contribution in [0.1, 0.15) is 25.0 Å². The Labute approximate surface area is 212 Å². The first-order valence-electron chi connectivity index (χ1n) is 12.6. The van der Waals surface area contributed by atoms with Crippen LogP contribution in [0, 0.1) is 13.8 Å². The van der Waals surface area contributed by atoms with Crippen molar-refractivity contribution in [2.75, 3.05) is 0 Å². The summed E-state index contributed by atoms with van der Waals surface area (Å²) in [7, 11) is 0. The summed E-state index contributed by atoms with van der Waals surface area (Å²) in [5, 5.41) is 5.05. The number of benzene rings is 5. The van der Waals surface area contributed by atoms with Gasteiger partial charge in [-0.25, -0.2) is 0 Å². The standard InChI is InChI=1S/C19H15N.C13H10O.C2H6/c1-14-11-12-19-17(13-14)16-9-5-6-10-18(16)20(19)15-7-3-2-4-8-15;1-9-5-4-7-11-10-6-2-3-8-12(10)14-13(9)11;1-2/h2-13H,1H3;2-8H,1H3;1-2H3. The molecule has 178 valence electrons. The Morgan fingerprint density at radius 3 is 1.97 bits per heavy atom. The summed E-state index contributed by atoms with van der Waals surface area (Å²) in [5.41, 5.74) is 8.21. The number of nitrogens with zero attached hydrogens (tertiary/aromatic N) is 1. The molecule has 2 heteroatoms. The molecule has 0 saturated carbocycles. The molecule has 7 aromatic rings. The lowest BCUT2D eigenvalue weighted by Crippen LogP contribution is -1.92. The first kappa shape index (κ1) is 23.4. The Morgan fingerprint density at radius 1 is 0.528 bits per heavy atom. The number of fused-ring (bicyclic) bond motifs is 6. The number of aryl methyl sites for hydroxylation is 2. The van der Waals surface area contributed by atoms with Crippen molar-refractivity contribution < 1.29 is 4.42 Å². The molecular weight excluding hydrogens is 438 g/mol. The molecule has 0 spiro atoms. The van der Waals surface area contributed by atoms with Crippen molar-refractivity contribution in [3.8, 4) is 5.69 Å². The van der Waals surface area contributed by atoms with Crippen molar-refractivity contribution in [3.63, 3.8) is 0 Å². The van der Waals surface area contributed by atoms with Crippen molar-refractivity contribution in [1.29, 1.82) is 0 Å². The van der Waals surface area contributed by atoms with Crippen LogP contribution in [-0.2, 0) is 0 Å². The third kappa shape index (κ3) is 4.16. The quantitative estimate of drug-likeness (QED) is 0.234. The number of furan rings is 1. The van der Waals surface area contributed by atoms with Crippen LogP contribution in [0.5, 0.6) is 0 Å². The zero-order chi connectivity index (χ0) is 25.1. The van der Waals surface area contributed by atoms with E-state index in [0.717, 1.165) is 11.2 Å². The monoisotopic (exact) mass is 469 g/mol. The van der Waals surface area contributed by atoms with E-state index in [-0.39, 0.29) is 0 Å². The topological polar surface area (TPSA) is 18.1 Å². The number of hydrogen-bond acceptors (Lipinski definition) is 1. The SMILES string of the molecule is CC.Cc1ccc2c(c1)c1ccccc1n2-c1ccccc1.Cc1cccc2c1oc1ccccc12. The maximum Gasteiger partial charge on any atom is 0.138 e. The minimum absolute atomic E-state index is 0.969. The van der Waals surface area contributed by atoms with Gasteiger partial charge in [-0.3, -0.25) is 0 Å². The highest BCUT2D eigenvalue weighted by Gasteiger charge is 2.11. The van der Waals surface area contributed by atoms with Gasteiger partial charge in [0.15, 0.2) is 0 Å². The van der Waals surface area contributed by atoms with Crippen molar-refractivity contribution in [1.82, 2.24) is 4.57 Å². The number of hydrogen-bond donors (Lipinski definition) is 0. The molecule has 7 rings (SSSR count). The molecule has 0 unspecified atom stereocenters. The van der Waals surface area contributed by atoms with E-state index in [9.17, 15) is 0 Å². The van der Waals surface area contributed by atoms with Gasteiger partial charge in [0, 0.05) is 27.2 Å². The second-order valence-corrected chi connectivity index (χ2v) is 8.76. The largest absolute Gasteiger partial charge is 0.456 e. The van der Waals surface area contributed by atoms with E-state index in [1.807, 2.05) is 32.0 Å². The highest BCUT2D eigenvalue weighted by atomic mass is 16.3. The average Bonchev–Trinajstić information content (AvgIpc) is 3.47. The van der Waals surface area contributed by atoms with E-state index in [0.29, 0.717) is 0 Å². The van der Waals surface area contributed by atoms with E-state index in [4.69, 9.17) is 4.42 Å². The lowest BCUT2D eigenvalue weighted by Gasteiger charge is -2.07. The van der Waals surface area contributed by atoms with Crippen LogP contribution in [0.15, 0.2) is 120 Å². The zero-order valence-corrected chi connectivity index (χ0v) is 21.3. The highest BCUT2D eigenvalue weighted by Crippen LogP contribution is 2.32. The fraction of sp³-hybridized carbons (Fsp3) is 0.118. The van der Waals surface area contributed by atoms with Gasteiger partial charge in [-0.1, -0.05) is 98.3 Å². The summed E-state index contributed by atoms with van der Waals surface area (Å²) in [4.78, 5) is 0. The average molecular weight is 470 g/mol. The summed E-state index contributed by atoms with van der Waals surface area (Å²) in [6.45, 7) is 8.22. The van der Waals surface area contributed by atoms with Crippen LogP contribution < -0.4 is 0 Å². The van der Waals surface area contributed by atoms with Crippen LogP contribution in [-0.4, -0.2) is 4.57 Å².